The summed E-state index contributed by atoms with van der Waals surface area (Å²) in [6.45, 7) is 5.79. The van der Waals surface area contributed by atoms with E-state index in [1.165, 1.54) is 0 Å². The number of carbonyl (C=O) groups is 1. The molecule has 1 aromatic heterocycles. The molecule has 1 aromatic rings. The van der Waals surface area contributed by atoms with Crippen LogP contribution in [0.1, 0.15) is 5.56 Å². The first-order valence-corrected chi connectivity index (χ1v) is 6.63. The van der Waals surface area contributed by atoms with E-state index in [0.717, 1.165) is 38.3 Å². The van der Waals surface area contributed by atoms with Crippen molar-refractivity contribution in [3.63, 3.8) is 0 Å². The molecule has 0 atom stereocenters. The number of pyridine rings is 1. The molecular weight excluding hydrogens is 240 g/mol. The number of hydrogen-bond acceptors (Lipinski definition) is 4. The van der Waals surface area contributed by atoms with Crippen LogP contribution in [0.3, 0.4) is 0 Å². The van der Waals surface area contributed by atoms with Crippen molar-refractivity contribution < 1.29 is 4.79 Å². The Balaban J connectivity index is 1.65. The first kappa shape index (κ1) is 13.7. The SMILES string of the molecule is O=C(/C=C\c1cccnc1)NCCN1CCNCC1. The zero-order chi connectivity index (χ0) is 13.3. The van der Waals surface area contributed by atoms with Crippen LogP contribution in [0.5, 0.6) is 0 Å². The third-order valence-corrected chi connectivity index (χ3v) is 3.05. The average Bonchev–Trinajstić information content (AvgIpc) is 2.47. The second kappa shape index (κ2) is 7.66. The van der Waals surface area contributed by atoms with Gasteiger partial charge in [0.25, 0.3) is 0 Å². The molecule has 1 aliphatic rings. The summed E-state index contributed by atoms with van der Waals surface area (Å²) in [7, 11) is 0. The highest BCUT2D eigenvalue weighted by molar-refractivity contribution is 5.91. The van der Waals surface area contributed by atoms with Crippen LogP contribution in [0.4, 0.5) is 0 Å². The zero-order valence-electron chi connectivity index (χ0n) is 11.0. The lowest BCUT2D eigenvalue weighted by Crippen LogP contribution is -2.46. The molecule has 5 nitrogen and oxygen atoms in total. The van der Waals surface area contributed by atoms with Gasteiger partial charge in [0.05, 0.1) is 0 Å². The Labute approximate surface area is 113 Å². The zero-order valence-corrected chi connectivity index (χ0v) is 11.0. The number of amides is 1. The summed E-state index contributed by atoms with van der Waals surface area (Å²) in [5.41, 5.74) is 0.930. The minimum atomic E-state index is -0.0565. The molecular formula is C14H20N4O. The lowest BCUT2D eigenvalue weighted by atomic mass is 10.2. The third kappa shape index (κ3) is 5.19. The van der Waals surface area contributed by atoms with Gasteiger partial charge in [-0.2, -0.15) is 0 Å². The Morgan fingerprint density at radius 1 is 1.47 bits per heavy atom. The number of piperazine rings is 1. The van der Waals surface area contributed by atoms with Crippen molar-refractivity contribution in [3.05, 3.63) is 36.2 Å². The van der Waals surface area contributed by atoms with Gasteiger partial charge in [0.2, 0.25) is 5.91 Å². The molecule has 0 radical (unpaired) electrons. The fourth-order valence-electron chi connectivity index (χ4n) is 1.98. The second-order valence-electron chi connectivity index (χ2n) is 4.50. The predicted molar refractivity (Wildman–Crippen MR) is 75.6 cm³/mol. The van der Waals surface area contributed by atoms with E-state index in [2.05, 4.69) is 20.5 Å². The molecule has 102 valence electrons. The van der Waals surface area contributed by atoms with Crippen molar-refractivity contribution in [3.8, 4) is 0 Å². The minimum absolute atomic E-state index is 0.0565. The van der Waals surface area contributed by atoms with Gasteiger partial charge in [0.15, 0.2) is 0 Å². The molecule has 0 aromatic carbocycles. The fraction of sp³-hybridized carbons (Fsp3) is 0.429. The maximum atomic E-state index is 11.6. The predicted octanol–water partition coefficient (Wildman–Crippen LogP) is 0.116. The maximum absolute atomic E-state index is 11.6. The van der Waals surface area contributed by atoms with Gasteiger partial charge in [-0.1, -0.05) is 6.07 Å². The molecule has 0 aliphatic carbocycles. The molecule has 1 fully saturated rings. The highest BCUT2D eigenvalue weighted by atomic mass is 16.1. The van der Waals surface area contributed by atoms with Gasteiger partial charge in [-0.3, -0.25) is 14.7 Å². The van der Waals surface area contributed by atoms with Crippen molar-refractivity contribution in [1.82, 2.24) is 20.5 Å². The highest BCUT2D eigenvalue weighted by Gasteiger charge is 2.08. The van der Waals surface area contributed by atoms with E-state index in [0.29, 0.717) is 6.54 Å². The van der Waals surface area contributed by atoms with Crippen LogP contribution in [-0.4, -0.2) is 55.1 Å². The van der Waals surface area contributed by atoms with Crippen LogP contribution in [0.25, 0.3) is 6.08 Å². The van der Waals surface area contributed by atoms with Crippen LogP contribution in [0, 0.1) is 0 Å². The molecule has 0 unspecified atom stereocenters. The minimum Gasteiger partial charge on any atom is -0.351 e. The molecule has 0 saturated carbocycles. The van der Waals surface area contributed by atoms with E-state index >= 15 is 0 Å². The van der Waals surface area contributed by atoms with Crippen molar-refractivity contribution in [2.45, 2.75) is 0 Å². The summed E-state index contributed by atoms with van der Waals surface area (Å²) < 4.78 is 0. The first-order valence-electron chi connectivity index (χ1n) is 6.63. The quantitative estimate of drug-likeness (QED) is 0.738. The number of hydrogen-bond donors (Lipinski definition) is 2. The number of nitrogens with one attached hydrogen (secondary N) is 2. The molecule has 1 saturated heterocycles. The Hall–Kier alpha value is -1.72. The topological polar surface area (TPSA) is 57.3 Å². The molecule has 19 heavy (non-hydrogen) atoms. The molecule has 2 N–H and O–H groups in total. The number of carbonyl (C=O) groups excluding carboxylic acids is 1. The van der Waals surface area contributed by atoms with Crippen molar-refractivity contribution in [2.75, 3.05) is 39.3 Å². The number of rotatable bonds is 5. The van der Waals surface area contributed by atoms with Gasteiger partial charge in [-0.25, -0.2) is 0 Å². The van der Waals surface area contributed by atoms with E-state index in [1.807, 2.05) is 12.1 Å². The largest absolute Gasteiger partial charge is 0.351 e. The van der Waals surface area contributed by atoms with Crippen LogP contribution in [0.15, 0.2) is 30.6 Å². The van der Waals surface area contributed by atoms with Crippen molar-refractivity contribution >= 4 is 12.0 Å². The van der Waals surface area contributed by atoms with E-state index in [9.17, 15) is 4.79 Å². The molecule has 0 spiro atoms. The van der Waals surface area contributed by atoms with Gasteiger partial charge in [-0.05, 0) is 17.7 Å². The third-order valence-electron chi connectivity index (χ3n) is 3.05. The summed E-state index contributed by atoms with van der Waals surface area (Å²) in [4.78, 5) is 17.9. The van der Waals surface area contributed by atoms with Crippen LogP contribution in [-0.2, 0) is 4.79 Å². The lowest BCUT2D eigenvalue weighted by molar-refractivity contribution is -0.116. The monoisotopic (exact) mass is 260 g/mol. The molecule has 0 bridgehead atoms. The fourth-order valence-corrected chi connectivity index (χ4v) is 1.98. The standard InChI is InChI=1S/C14H20N4O/c19-14(4-3-13-2-1-5-16-12-13)17-8-11-18-9-6-15-7-10-18/h1-5,12,15H,6-11H2,(H,17,19)/b4-3-. The van der Waals surface area contributed by atoms with Crippen molar-refractivity contribution in [1.29, 1.82) is 0 Å². The Morgan fingerprint density at radius 2 is 2.32 bits per heavy atom. The Morgan fingerprint density at radius 3 is 3.05 bits per heavy atom. The first-order chi connectivity index (χ1) is 9.34. The smallest absolute Gasteiger partial charge is 0.244 e. The number of aromatic nitrogens is 1. The summed E-state index contributed by atoms with van der Waals surface area (Å²) in [6, 6.07) is 3.76. The van der Waals surface area contributed by atoms with E-state index in [1.54, 1.807) is 24.5 Å². The summed E-state index contributed by atoms with van der Waals surface area (Å²) in [5.74, 6) is -0.0565. The van der Waals surface area contributed by atoms with E-state index in [-0.39, 0.29) is 5.91 Å². The normalized spacial score (nSPS) is 16.6. The van der Waals surface area contributed by atoms with Crippen molar-refractivity contribution in [2.24, 2.45) is 0 Å². The molecule has 2 heterocycles. The summed E-state index contributed by atoms with van der Waals surface area (Å²) in [5, 5.41) is 6.20. The second-order valence-corrected chi connectivity index (χ2v) is 4.50. The molecule has 1 amide bonds. The van der Waals surface area contributed by atoms with Crippen LogP contribution >= 0.6 is 0 Å². The molecule has 5 heteroatoms. The lowest BCUT2D eigenvalue weighted by Gasteiger charge is -2.26. The highest BCUT2D eigenvalue weighted by Crippen LogP contribution is 1.97. The van der Waals surface area contributed by atoms with Crippen LogP contribution in [0.2, 0.25) is 0 Å². The number of nitrogens with zero attached hydrogens (tertiary/aromatic N) is 2. The van der Waals surface area contributed by atoms with Gasteiger partial charge < -0.3 is 10.6 Å². The average molecular weight is 260 g/mol. The van der Waals surface area contributed by atoms with Gasteiger partial charge in [0, 0.05) is 57.7 Å². The summed E-state index contributed by atoms with van der Waals surface area (Å²) in [6.07, 6.45) is 6.76. The van der Waals surface area contributed by atoms with Gasteiger partial charge in [0.1, 0.15) is 0 Å². The molecule has 1 aliphatic heterocycles. The molecule has 2 rings (SSSR count). The Kier molecular flexibility index (Phi) is 5.52. The summed E-state index contributed by atoms with van der Waals surface area (Å²) >= 11 is 0. The van der Waals surface area contributed by atoms with E-state index < -0.39 is 0 Å². The van der Waals surface area contributed by atoms with E-state index in [4.69, 9.17) is 0 Å². The van der Waals surface area contributed by atoms with Gasteiger partial charge in [-0.15, -0.1) is 0 Å². The maximum Gasteiger partial charge on any atom is 0.244 e. The Bertz CT molecular complexity index is 413. The van der Waals surface area contributed by atoms with Gasteiger partial charge >= 0.3 is 0 Å². The van der Waals surface area contributed by atoms with Crippen LogP contribution < -0.4 is 10.6 Å².